The summed E-state index contributed by atoms with van der Waals surface area (Å²) in [5, 5.41) is 2.42. The van der Waals surface area contributed by atoms with Gasteiger partial charge in [0.15, 0.2) is 6.10 Å². The van der Waals surface area contributed by atoms with Crippen molar-refractivity contribution < 1.29 is 32.6 Å². The van der Waals surface area contributed by atoms with Gasteiger partial charge < -0.3 is 19.7 Å². The van der Waals surface area contributed by atoms with E-state index in [9.17, 15) is 23.2 Å². The molecule has 1 aliphatic heterocycles. The van der Waals surface area contributed by atoms with Gasteiger partial charge in [-0.25, -0.2) is 0 Å². The van der Waals surface area contributed by atoms with Crippen molar-refractivity contribution in [3.05, 3.63) is 54.1 Å². The first-order valence-corrected chi connectivity index (χ1v) is 9.77. The minimum absolute atomic E-state index is 0.0442. The van der Waals surface area contributed by atoms with Crippen LogP contribution in [0, 0.1) is 0 Å². The Bertz CT molecular complexity index is 949. The topological polar surface area (TPSA) is 84.9 Å². The normalized spacial score (nSPS) is 14.5. The molecule has 0 bridgehead atoms. The Kier molecular flexibility index (Phi) is 7.17. The quantitative estimate of drug-likeness (QED) is 0.645. The zero-order chi connectivity index (χ0) is 22.4. The molecule has 1 saturated heterocycles. The van der Waals surface area contributed by atoms with E-state index in [-0.39, 0.29) is 23.8 Å². The highest BCUT2D eigenvalue weighted by Gasteiger charge is 2.22. The van der Waals surface area contributed by atoms with Gasteiger partial charge in [-0.1, -0.05) is 24.3 Å². The Morgan fingerprint density at radius 1 is 1.13 bits per heavy atom. The minimum atomic E-state index is -3.04. The molecular weight excluding hydrogens is 410 g/mol. The molecule has 9 heteroatoms. The van der Waals surface area contributed by atoms with Crippen molar-refractivity contribution in [1.82, 2.24) is 0 Å². The molecule has 0 radical (unpaired) electrons. The second kappa shape index (κ2) is 10.0. The summed E-state index contributed by atoms with van der Waals surface area (Å²) in [7, 11) is 0. The fourth-order valence-electron chi connectivity index (χ4n) is 3.18. The first kappa shape index (κ1) is 22.2. The van der Waals surface area contributed by atoms with Crippen LogP contribution in [0.25, 0.3) is 0 Å². The van der Waals surface area contributed by atoms with E-state index in [2.05, 4.69) is 10.1 Å². The summed E-state index contributed by atoms with van der Waals surface area (Å²) in [6.45, 7) is -0.979. The van der Waals surface area contributed by atoms with E-state index in [1.807, 2.05) is 0 Å². The van der Waals surface area contributed by atoms with Crippen molar-refractivity contribution >= 4 is 29.2 Å². The molecule has 1 heterocycles. The molecule has 3 rings (SSSR count). The van der Waals surface area contributed by atoms with Crippen LogP contribution in [0.15, 0.2) is 48.5 Å². The molecule has 0 unspecified atom stereocenters. The van der Waals surface area contributed by atoms with Gasteiger partial charge in [-0.3, -0.25) is 14.4 Å². The van der Waals surface area contributed by atoms with E-state index < -0.39 is 24.6 Å². The zero-order valence-corrected chi connectivity index (χ0v) is 16.8. The summed E-state index contributed by atoms with van der Waals surface area (Å²) in [6, 6.07) is 12.7. The van der Waals surface area contributed by atoms with Crippen molar-refractivity contribution in [2.45, 2.75) is 38.9 Å². The van der Waals surface area contributed by atoms with E-state index in [4.69, 9.17) is 4.74 Å². The number of para-hydroxylation sites is 2. The van der Waals surface area contributed by atoms with Gasteiger partial charge in [0, 0.05) is 18.7 Å². The fourth-order valence-corrected chi connectivity index (χ4v) is 3.18. The highest BCUT2D eigenvalue weighted by atomic mass is 19.3. The highest BCUT2D eigenvalue weighted by Crippen LogP contribution is 2.26. The number of amides is 2. The van der Waals surface area contributed by atoms with Crippen LogP contribution in [0.2, 0.25) is 0 Å². The molecule has 2 amide bonds. The number of esters is 1. The van der Waals surface area contributed by atoms with Crippen LogP contribution < -0.4 is 15.0 Å². The van der Waals surface area contributed by atoms with Gasteiger partial charge in [0.2, 0.25) is 5.91 Å². The third-order valence-corrected chi connectivity index (χ3v) is 4.71. The Labute approximate surface area is 177 Å². The summed E-state index contributed by atoms with van der Waals surface area (Å²) >= 11 is 0. The number of ether oxygens (including phenoxy) is 2. The number of carbonyl (C=O) groups excluding carboxylic acids is 3. The van der Waals surface area contributed by atoms with Crippen LogP contribution in [-0.4, -0.2) is 37.0 Å². The lowest BCUT2D eigenvalue weighted by Gasteiger charge is -2.17. The molecular formula is C22H22F2N2O5. The summed E-state index contributed by atoms with van der Waals surface area (Å²) in [5.41, 5.74) is 1.49. The third kappa shape index (κ3) is 6.00. The standard InChI is InChI=1S/C22H22F2N2O5/c1-14(21(29)25-17-5-2-3-6-18(17)31-22(23)24)30-20(28)13-15-8-10-16(11-9-15)26-12-4-7-19(26)27/h2-3,5-6,8-11,14,22H,4,7,12-13H2,1H3,(H,25,29)/t14-/m1/s1. The summed E-state index contributed by atoms with van der Waals surface area (Å²) < 4.78 is 34.5. The number of alkyl halides is 2. The lowest BCUT2D eigenvalue weighted by molar-refractivity contribution is -0.152. The molecule has 0 spiro atoms. The molecule has 31 heavy (non-hydrogen) atoms. The van der Waals surface area contributed by atoms with E-state index in [1.165, 1.54) is 25.1 Å². The minimum Gasteiger partial charge on any atom is -0.452 e. The van der Waals surface area contributed by atoms with Crippen LogP contribution in [0.5, 0.6) is 5.75 Å². The number of hydrogen-bond donors (Lipinski definition) is 1. The molecule has 0 saturated carbocycles. The lowest BCUT2D eigenvalue weighted by atomic mass is 10.1. The second-order valence-corrected chi connectivity index (χ2v) is 6.99. The molecule has 1 atom stereocenters. The maximum absolute atomic E-state index is 12.5. The van der Waals surface area contributed by atoms with E-state index >= 15 is 0 Å². The van der Waals surface area contributed by atoms with Crippen molar-refractivity contribution in [2.24, 2.45) is 0 Å². The van der Waals surface area contributed by atoms with Crippen molar-refractivity contribution in [1.29, 1.82) is 0 Å². The van der Waals surface area contributed by atoms with Crippen LogP contribution in [0.4, 0.5) is 20.2 Å². The van der Waals surface area contributed by atoms with Crippen molar-refractivity contribution in [3.63, 3.8) is 0 Å². The molecule has 2 aromatic carbocycles. The SMILES string of the molecule is C[C@@H](OC(=O)Cc1ccc(N2CCCC2=O)cc1)C(=O)Nc1ccccc1OC(F)F. The molecule has 7 nitrogen and oxygen atoms in total. The summed E-state index contributed by atoms with van der Waals surface area (Å²) in [4.78, 5) is 38.0. The number of anilines is 2. The van der Waals surface area contributed by atoms with Crippen molar-refractivity contribution in [3.8, 4) is 5.75 Å². The second-order valence-electron chi connectivity index (χ2n) is 6.99. The smallest absolute Gasteiger partial charge is 0.387 e. The number of hydrogen-bond acceptors (Lipinski definition) is 5. The Hall–Kier alpha value is -3.49. The van der Waals surface area contributed by atoms with Gasteiger partial charge in [0.1, 0.15) is 5.75 Å². The van der Waals surface area contributed by atoms with Gasteiger partial charge in [0.25, 0.3) is 5.91 Å². The average Bonchev–Trinajstić information content (AvgIpc) is 3.15. The van der Waals surface area contributed by atoms with E-state index in [0.29, 0.717) is 18.5 Å². The van der Waals surface area contributed by atoms with Crippen LogP contribution >= 0.6 is 0 Å². The van der Waals surface area contributed by atoms with Crippen LogP contribution in [0.1, 0.15) is 25.3 Å². The maximum atomic E-state index is 12.5. The number of halogens is 2. The molecule has 1 N–H and O–H groups in total. The largest absolute Gasteiger partial charge is 0.452 e. The summed E-state index contributed by atoms with van der Waals surface area (Å²) in [6.07, 6.45) is 0.156. The Morgan fingerprint density at radius 3 is 2.48 bits per heavy atom. The number of carbonyl (C=O) groups is 3. The number of nitrogens with one attached hydrogen (secondary N) is 1. The predicted molar refractivity (Wildman–Crippen MR) is 109 cm³/mol. The summed E-state index contributed by atoms with van der Waals surface area (Å²) in [5.74, 6) is -1.42. The first-order chi connectivity index (χ1) is 14.8. The number of benzene rings is 2. The Balaban J connectivity index is 1.53. The Morgan fingerprint density at radius 2 is 1.84 bits per heavy atom. The van der Waals surface area contributed by atoms with Crippen LogP contribution in [-0.2, 0) is 25.5 Å². The monoisotopic (exact) mass is 432 g/mol. The predicted octanol–water partition coefficient (Wildman–Crippen LogP) is 3.53. The first-order valence-electron chi connectivity index (χ1n) is 9.77. The van der Waals surface area contributed by atoms with Gasteiger partial charge in [0.05, 0.1) is 12.1 Å². The third-order valence-electron chi connectivity index (χ3n) is 4.71. The lowest BCUT2D eigenvalue weighted by Crippen LogP contribution is -2.30. The zero-order valence-electron chi connectivity index (χ0n) is 16.8. The fraction of sp³-hybridized carbons (Fsp3) is 0.318. The molecule has 2 aromatic rings. The van der Waals surface area contributed by atoms with Crippen LogP contribution in [0.3, 0.4) is 0 Å². The average molecular weight is 432 g/mol. The van der Waals surface area contributed by atoms with Crippen molar-refractivity contribution in [2.75, 3.05) is 16.8 Å². The molecule has 0 aromatic heterocycles. The van der Waals surface area contributed by atoms with E-state index in [0.717, 1.165) is 12.1 Å². The molecule has 1 aliphatic rings. The maximum Gasteiger partial charge on any atom is 0.387 e. The number of rotatable bonds is 8. The van der Waals surface area contributed by atoms with Gasteiger partial charge in [-0.15, -0.1) is 0 Å². The van der Waals surface area contributed by atoms with Gasteiger partial charge >= 0.3 is 12.6 Å². The number of nitrogens with zero attached hydrogens (tertiary/aromatic N) is 1. The van der Waals surface area contributed by atoms with Gasteiger partial charge in [-0.05, 0) is 43.2 Å². The van der Waals surface area contributed by atoms with E-state index in [1.54, 1.807) is 35.2 Å². The molecule has 164 valence electrons. The highest BCUT2D eigenvalue weighted by molar-refractivity contribution is 5.96. The van der Waals surface area contributed by atoms with Gasteiger partial charge in [-0.2, -0.15) is 8.78 Å². The molecule has 0 aliphatic carbocycles. The molecule has 1 fully saturated rings.